The average Bonchev–Trinajstić information content (AvgIpc) is 2.97. The fraction of sp³-hybridized carbons (Fsp3) is 0.130. The Bertz CT molecular complexity index is 840. The van der Waals surface area contributed by atoms with Crippen molar-refractivity contribution in [3.05, 3.63) is 95.6 Å². The largest absolute Gasteiger partial charge is 0.497 e. The number of rotatable bonds is 4. The highest BCUT2D eigenvalue weighted by molar-refractivity contribution is 6.01. The minimum Gasteiger partial charge on any atom is -0.497 e. The van der Waals surface area contributed by atoms with Gasteiger partial charge < -0.3 is 4.74 Å². The summed E-state index contributed by atoms with van der Waals surface area (Å²) in [6.07, 6.45) is 4.46. The minimum absolute atomic E-state index is 0.913. The smallest absolute Gasteiger partial charge is 0.118 e. The highest BCUT2D eigenvalue weighted by atomic mass is 16.5. The molecule has 4 rings (SSSR count). The topological polar surface area (TPSA) is 9.23 Å². The van der Waals surface area contributed by atoms with Gasteiger partial charge in [0.15, 0.2) is 0 Å². The van der Waals surface area contributed by atoms with Crippen LogP contribution in [0.15, 0.2) is 78.9 Å². The number of fused-ring (bicyclic) bond motifs is 3. The number of aryl methyl sites for hydroxylation is 1. The van der Waals surface area contributed by atoms with Crippen molar-refractivity contribution in [1.82, 2.24) is 0 Å². The molecule has 0 N–H and O–H groups in total. The van der Waals surface area contributed by atoms with Crippen molar-refractivity contribution in [2.75, 3.05) is 7.11 Å². The van der Waals surface area contributed by atoms with Gasteiger partial charge >= 0.3 is 0 Å². The molecule has 1 heteroatoms. The Hall–Kier alpha value is -2.80. The summed E-state index contributed by atoms with van der Waals surface area (Å²) in [6, 6.07) is 25.8. The third-order valence-corrected chi connectivity index (χ3v) is 4.67. The van der Waals surface area contributed by atoms with E-state index in [0.29, 0.717) is 0 Å². The zero-order valence-corrected chi connectivity index (χ0v) is 13.8. The van der Waals surface area contributed by atoms with E-state index in [0.717, 1.165) is 18.6 Å². The molecule has 3 aromatic carbocycles. The molecule has 0 aromatic heterocycles. The van der Waals surface area contributed by atoms with E-state index in [1.807, 2.05) is 12.1 Å². The standard InChI is InChI=1S/C23H20O/c1-24-18-15-13-17(14-16-18)7-6-12-23-21-10-4-2-8-19(21)20-9-3-5-11-22(20)23/h2-5,8-16H,6-7H2,1H3. The van der Waals surface area contributed by atoms with Crippen LogP contribution in [0.1, 0.15) is 23.1 Å². The SMILES string of the molecule is COc1ccc(CCC=C2c3ccccc3-c3ccccc32)cc1. The first kappa shape index (κ1) is 14.8. The molecule has 24 heavy (non-hydrogen) atoms. The molecule has 0 atom stereocenters. The predicted octanol–water partition coefficient (Wildman–Crippen LogP) is 5.74. The van der Waals surface area contributed by atoms with Crippen LogP contribution >= 0.6 is 0 Å². The van der Waals surface area contributed by atoms with Crippen molar-refractivity contribution < 1.29 is 4.74 Å². The molecule has 0 saturated carbocycles. The van der Waals surface area contributed by atoms with Gasteiger partial charge in [-0.3, -0.25) is 0 Å². The Morgan fingerprint density at radius 2 is 1.25 bits per heavy atom. The molecule has 1 aliphatic carbocycles. The Labute approximate surface area is 143 Å². The molecule has 0 aliphatic heterocycles. The van der Waals surface area contributed by atoms with Crippen LogP contribution in [-0.4, -0.2) is 7.11 Å². The molecule has 1 nitrogen and oxygen atoms in total. The Kier molecular flexibility index (Phi) is 3.92. The van der Waals surface area contributed by atoms with Gasteiger partial charge in [0.05, 0.1) is 7.11 Å². The van der Waals surface area contributed by atoms with Crippen LogP contribution in [0, 0.1) is 0 Å². The summed E-state index contributed by atoms with van der Waals surface area (Å²) < 4.78 is 5.22. The molecule has 0 radical (unpaired) electrons. The molecule has 0 spiro atoms. The Balaban J connectivity index is 1.60. The zero-order valence-electron chi connectivity index (χ0n) is 13.8. The molecule has 1 aliphatic rings. The minimum atomic E-state index is 0.913. The third-order valence-electron chi connectivity index (χ3n) is 4.67. The summed E-state index contributed by atoms with van der Waals surface area (Å²) in [5, 5.41) is 0. The van der Waals surface area contributed by atoms with Crippen LogP contribution < -0.4 is 4.74 Å². The molecular formula is C23H20O. The number of methoxy groups -OCH3 is 1. The van der Waals surface area contributed by atoms with Crippen molar-refractivity contribution in [2.24, 2.45) is 0 Å². The van der Waals surface area contributed by atoms with Gasteiger partial charge in [-0.2, -0.15) is 0 Å². The summed E-state index contributed by atoms with van der Waals surface area (Å²) in [6.45, 7) is 0. The van der Waals surface area contributed by atoms with Crippen LogP contribution in [0.2, 0.25) is 0 Å². The Morgan fingerprint density at radius 3 is 1.79 bits per heavy atom. The van der Waals surface area contributed by atoms with E-state index in [2.05, 4.69) is 66.7 Å². The highest BCUT2D eigenvalue weighted by Gasteiger charge is 2.21. The molecule has 0 fully saturated rings. The lowest BCUT2D eigenvalue weighted by atomic mass is 10.0. The maximum Gasteiger partial charge on any atom is 0.118 e. The summed E-state index contributed by atoms with van der Waals surface area (Å²) >= 11 is 0. The van der Waals surface area contributed by atoms with Crippen LogP contribution in [0.25, 0.3) is 16.7 Å². The monoisotopic (exact) mass is 312 g/mol. The van der Waals surface area contributed by atoms with E-state index in [1.165, 1.54) is 33.4 Å². The first-order valence-corrected chi connectivity index (χ1v) is 8.39. The van der Waals surface area contributed by atoms with E-state index in [1.54, 1.807) is 7.11 Å². The fourth-order valence-corrected chi connectivity index (χ4v) is 3.45. The molecule has 0 bridgehead atoms. The molecule has 0 amide bonds. The number of benzene rings is 3. The van der Waals surface area contributed by atoms with Gasteiger partial charge in [0.2, 0.25) is 0 Å². The van der Waals surface area contributed by atoms with Gasteiger partial charge in [-0.05, 0) is 58.4 Å². The first-order valence-electron chi connectivity index (χ1n) is 8.39. The van der Waals surface area contributed by atoms with Crippen molar-refractivity contribution in [1.29, 1.82) is 0 Å². The second-order valence-corrected chi connectivity index (χ2v) is 6.10. The van der Waals surface area contributed by atoms with E-state index in [4.69, 9.17) is 4.74 Å². The van der Waals surface area contributed by atoms with Crippen molar-refractivity contribution in [2.45, 2.75) is 12.8 Å². The van der Waals surface area contributed by atoms with Gasteiger partial charge in [-0.1, -0.05) is 66.7 Å². The van der Waals surface area contributed by atoms with Crippen LogP contribution in [0.4, 0.5) is 0 Å². The maximum absolute atomic E-state index is 5.22. The molecule has 0 unspecified atom stereocenters. The molecular weight excluding hydrogens is 292 g/mol. The van der Waals surface area contributed by atoms with E-state index < -0.39 is 0 Å². The van der Waals surface area contributed by atoms with E-state index in [9.17, 15) is 0 Å². The predicted molar refractivity (Wildman–Crippen MR) is 100 cm³/mol. The van der Waals surface area contributed by atoms with Gasteiger partial charge in [0.1, 0.15) is 5.75 Å². The first-order chi connectivity index (χ1) is 11.9. The summed E-state index contributed by atoms with van der Waals surface area (Å²) in [7, 11) is 1.70. The second-order valence-electron chi connectivity index (χ2n) is 6.10. The normalized spacial score (nSPS) is 11.8. The summed E-state index contributed by atoms with van der Waals surface area (Å²) in [4.78, 5) is 0. The lowest BCUT2D eigenvalue weighted by molar-refractivity contribution is 0.414. The van der Waals surface area contributed by atoms with Crippen LogP contribution in [0.3, 0.4) is 0 Å². The van der Waals surface area contributed by atoms with Gasteiger partial charge in [-0.25, -0.2) is 0 Å². The molecule has 3 aromatic rings. The van der Waals surface area contributed by atoms with Crippen LogP contribution in [0.5, 0.6) is 5.75 Å². The van der Waals surface area contributed by atoms with Gasteiger partial charge in [0.25, 0.3) is 0 Å². The Morgan fingerprint density at radius 1 is 0.708 bits per heavy atom. The quantitative estimate of drug-likeness (QED) is 0.467. The lowest BCUT2D eigenvalue weighted by Gasteiger charge is -2.04. The zero-order chi connectivity index (χ0) is 16.4. The lowest BCUT2D eigenvalue weighted by Crippen LogP contribution is -1.87. The number of ether oxygens (including phenoxy) is 1. The number of allylic oxidation sites excluding steroid dienone is 1. The number of hydrogen-bond donors (Lipinski definition) is 0. The highest BCUT2D eigenvalue weighted by Crippen LogP contribution is 2.43. The summed E-state index contributed by atoms with van der Waals surface area (Å²) in [5.41, 5.74) is 8.12. The van der Waals surface area contributed by atoms with Crippen molar-refractivity contribution in [3.63, 3.8) is 0 Å². The molecule has 0 saturated heterocycles. The average molecular weight is 312 g/mol. The number of hydrogen-bond acceptors (Lipinski definition) is 1. The van der Waals surface area contributed by atoms with E-state index in [-0.39, 0.29) is 0 Å². The van der Waals surface area contributed by atoms with Crippen molar-refractivity contribution in [3.8, 4) is 16.9 Å². The van der Waals surface area contributed by atoms with E-state index >= 15 is 0 Å². The van der Waals surface area contributed by atoms with Gasteiger partial charge in [0, 0.05) is 0 Å². The van der Waals surface area contributed by atoms with Gasteiger partial charge in [-0.15, -0.1) is 0 Å². The maximum atomic E-state index is 5.22. The fourth-order valence-electron chi connectivity index (χ4n) is 3.45. The van der Waals surface area contributed by atoms with Crippen LogP contribution in [-0.2, 0) is 6.42 Å². The summed E-state index contributed by atoms with van der Waals surface area (Å²) in [5.74, 6) is 0.913. The third kappa shape index (κ3) is 2.63. The molecule has 118 valence electrons. The second kappa shape index (κ2) is 6.37. The molecule has 0 heterocycles. The van der Waals surface area contributed by atoms with Crippen molar-refractivity contribution >= 4 is 5.57 Å².